The van der Waals surface area contributed by atoms with Crippen LogP contribution in [0.2, 0.25) is 0 Å². The summed E-state index contributed by atoms with van der Waals surface area (Å²) in [5, 5.41) is 0. The lowest BCUT2D eigenvalue weighted by atomic mass is 10.2. The molecule has 1 aliphatic rings. The van der Waals surface area contributed by atoms with E-state index in [4.69, 9.17) is 9.72 Å². The SMILES string of the molecule is COc1ccnc(CN2CCN(c3cc(C)nc(C(C)C)n3)CC2)c1. The summed E-state index contributed by atoms with van der Waals surface area (Å²) >= 11 is 0. The third-order valence-corrected chi connectivity index (χ3v) is 4.48. The summed E-state index contributed by atoms with van der Waals surface area (Å²) in [4.78, 5) is 18.5. The van der Waals surface area contributed by atoms with Crippen molar-refractivity contribution in [3.63, 3.8) is 0 Å². The molecule has 0 aromatic carbocycles. The molecule has 1 fully saturated rings. The Balaban J connectivity index is 1.62. The molecule has 0 amide bonds. The molecule has 134 valence electrons. The van der Waals surface area contributed by atoms with Crippen molar-refractivity contribution in [2.45, 2.75) is 33.2 Å². The van der Waals surface area contributed by atoms with Gasteiger partial charge in [-0.25, -0.2) is 9.97 Å². The number of pyridine rings is 1. The highest BCUT2D eigenvalue weighted by Gasteiger charge is 2.20. The highest BCUT2D eigenvalue weighted by atomic mass is 16.5. The summed E-state index contributed by atoms with van der Waals surface area (Å²) in [5.41, 5.74) is 2.09. The maximum absolute atomic E-state index is 5.28. The Morgan fingerprint density at radius 2 is 1.88 bits per heavy atom. The number of hydrogen-bond donors (Lipinski definition) is 0. The predicted octanol–water partition coefficient (Wildman–Crippen LogP) is 2.63. The van der Waals surface area contributed by atoms with E-state index in [0.29, 0.717) is 5.92 Å². The minimum absolute atomic E-state index is 0.346. The van der Waals surface area contributed by atoms with Crippen LogP contribution in [0.15, 0.2) is 24.4 Å². The van der Waals surface area contributed by atoms with Crippen molar-refractivity contribution in [1.29, 1.82) is 0 Å². The summed E-state index contributed by atoms with van der Waals surface area (Å²) < 4.78 is 5.28. The molecule has 0 saturated carbocycles. The fourth-order valence-electron chi connectivity index (χ4n) is 3.03. The van der Waals surface area contributed by atoms with Crippen molar-refractivity contribution in [1.82, 2.24) is 19.9 Å². The lowest BCUT2D eigenvalue weighted by Crippen LogP contribution is -2.46. The van der Waals surface area contributed by atoms with Crippen LogP contribution in [0.25, 0.3) is 0 Å². The van der Waals surface area contributed by atoms with Crippen LogP contribution >= 0.6 is 0 Å². The summed E-state index contributed by atoms with van der Waals surface area (Å²) in [6, 6.07) is 5.98. The standard InChI is InChI=1S/C19H27N5O/c1-14(2)19-21-15(3)11-18(22-19)24-9-7-23(8-10-24)13-16-12-17(25-4)5-6-20-16/h5-6,11-12,14H,7-10,13H2,1-4H3. The van der Waals surface area contributed by atoms with Gasteiger partial charge < -0.3 is 9.64 Å². The number of aryl methyl sites for hydroxylation is 1. The molecule has 0 radical (unpaired) electrons. The molecule has 0 unspecified atom stereocenters. The van der Waals surface area contributed by atoms with E-state index in [-0.39, 0.29) is 0 Å². The molecule has 2 aromatic heterocycles. The molecule has 25 heavy (non-hydrogen) atoms. The Morgan fingerprint density at radius 1 is 1.12 bits per heavy atom. The zero-order chi connectivity index (χ0) is 17.8. The highest BCUT2D eigenvalue weighted by Crippen LogP contribution is 2.19. The van der Waals surface area contributed by atoms with Gasteiger partial charge in [0, 0.05) is 62.7 Å². The summed E-state index contributed by atoms with van der Waals surface area (Å²) in [5.74, 6) is 3.19. The number of aromatic nitrogens is 3. The van der Waals surface area contributed by atoms with Gasteiger partial charge in [0.25, 0.3) is 0 Å². The fraction of sp³-hybridized carbons (Fsp3) is 0.526. The van der Waals surface area contributed by atoms with Crippen LogP contribution in [0, 0.1) is 6.92 Å². The molecule has 0 bridgehead atoms. The molecule has 6 nitrogen and oxygen atoms in total. The summed E-state index contributed by atoms with van der Waals surface area (Å²) in [7, 11) is 1.69. The number of anilines is 1. The molecule has 0 aliphatic carbocycles. The summed E-state index contributed by atoms with van der Waals surface area (Å²) in [6.07, 6.45) is 1.81. The van der Waals surface area contributed by atoms with Crippen LogP contribution in [-0.2, 0) is 6.54 Å². The third kappa shape index (κ3) is 4.45. The van der Waals surface area contributed by atoms with E-state index < -0.39 is 0 Å². The van der Waals surface area contributed by atoms with Gasteiger partial charge in [-0.15, -0.1) is 0 Å². The molecule has 3 heterocycles. The Kier molecular flexibility index (Phi) is 5.48. The van der Waals surface area contributed by atoms with Crippen LogP contribution in [0.4, 0.5) is 5.82 Å². The van der Waals surface area contributed by atoms with Gasteiger partial charge in [-0.1, -0.05) is 13.8 Å². The molecular formula is C19H27N5O. The lowest BCUT2D eigenvalue weighted by Gasteiger charge is -2.35. The number of piperazine rings is 1. The second-order valence-corrected chi connectivity index (χ2v) is 6.83. The number of nitrogens with zero attached hydrogens (tertiary/aromatic N) is 5. The average molecular weight is 341 g/mol. The first kappa shape index (κ1) is 17.6. The molecule has 0 spiro atoms. The van der Waals surface area contributed by atoms with E-state index in [1.807, 2.05) is 25.3 Å². The van der Waals surface area contributed by atoms with Gasteiger partial charge in [0.15, 0.2) is 0 Å². The zero-order valence-corrected chi connectivity index (χ0v) is 15.6. The first-order valence-electron chi connectivity index (χ1n) is 8.87. The van der Waals surface area contributed by atoms with Crippen molar-refractivity contribution in [2.24, 2.45) is 0 Å². The molecule has 0 atom stereocenters. The van der Waals surface area contributed by atoms with Crippen molar-refractivity contribution >= 4 is 5.82 Å². The first-order chi connectivity index (χ1) is 12.0. The maximum atomic E-state index is 5.28. The van der Waals surface area contributed by atoms with E-state index >= 15 is 0 Å². The van der Waals surface area contributed by atoms with Crippen molar-refractivity contribution in [2.75, 3.05) is 38.2 Å². The Labute approximate surface area is 149 Å². The number of rotatable bonds is 5. The van der Waals surface area contributed by atoms with Gasteiger partial charge in [0.1, 0.15) is 17.4 Å². The molecule has 0 N–H and O–H groups in total. The minimum atomic E-state index is 0.346. The van der Waals surface area contributed by atoms with Crippen LogP contribution in [0.3, 0.4) is 0 Å². The van der Waals surface area contributed by atoms with Crippen molar-refractivity contribution in [3.05, 3.63) is 41.6 Å². The fourth-order valence-corrected chi connectivity index (χ4v) is 3.03. The van der Waals surface area contributed by atoms with Gasteiger partial charge in [-0.05, 0) is 13.0 Å². The van der Waals surface area contributed by atoms with Gasteiger partial charge in [0.2, 0.25) is 0 Å². The van der Waals surface area contributed by atoms with Gasteiger partial charge in [-0.3, -0.25) is 9.88 Å². The predicted molar refractivity (Wildman–Crippen MR) is 99.1 cm³/mol. The largest absolute Gasteiger partial charge is 0.497 e. The molecule has 6 heteroatoms. The second-order valence-electron chi connectivity index (χ2n) is 6.83. The molecule has 3 rings (SSSR count). The molecule has 1 saturated heterocycles. The van der Waals surface area contributed by atoms with Gasteiger partial charge >= 0.3 is 0 Å². The van der Waals surface area contributed by atoms with Gasteiger partial charge in [0.05, 0.1) is 12.8 Å². The summed E-state index contributed by atoms with van der Waals surface area (Å²) in [6.45, 7) is 11.1. The third-order valence-electron chi connectivity index (χ3n) is 4.48. The topological polar surface area (TPSA) is 54.4 Å². The van der Waals surface area contributed by atoms with E-state index in [9.17, 15) is 0 Å². The number of hydrogen-bond acceptors (Lipinski definition) is 6. The zero-order valence-electron chi connectivity index (χ0n) is 15.6. The van der Waals surface area contributed by atoms with Crippen LogP contribution in [-0.4, -0.2) is 53.1 Å². The number of methoxy groups -OCH3 is 1. The average Bonchev–Trinajstić information content (AvgIpc) is 2.62. The maximum Gasteiger partial charge on any atom is 0.133 e. The first-order valence-corrected chi connectivity index (χ1v) is 8.87. The molecule has 2 aromatic rings. The second kappa shape index (κ2) is 7.78. The van der Waals surface area contributed by atoms with Crippen LogP contribution < -0.4 is 9.64 Å². The van der Waals surface area contributed by atoms with Crippen molar-refractivity contribution < 1.29 is 4.74 Å². The smallest absolute Gasteiger partial charge is 0.133 e. The van der Waals surface area contributed by atoms with E-state index in [1.165, 1.54) is 0 Å². The Morgan fingerprint density at radius 3 is 2.56 bits per heavy atom. The number of ether oxygens (including phenoxy) is 1. The van der Waals surface area contributed by atoms with Crippen LogP contribution in [0.5, 0.6) is 5.75 Å². The Hall–Kier alpha value is -2.21. The van der Waals surface area contributed by atoms with Gasteiger partial charge in [-0.2, -0.15) is 0 Å². The lowest BCUT2D eigenvalue weighted by molar-refractivity contribution is 0.246. The van der Waals surface area contributed by atoms with E-state index in [2.05, 4.69) is 39.7 Å². The normalized spacial score (nSPS) is 15.6. The molecule has 1 aliphatic heterocycles. The van der Waals surface area contributed by atoms with Crippen molar-refractivity contribution in [3.8, 4) is 5.75 Å². The molecular weight excluding hydrogens is 314 g/mol. The van der Waals surface area contributed by atoms with Crippen LogP contribution in [0.1, 0.15) is 37.0 Å². The van der Waals surface area contributed by atoms with E-state index in [1.54, 1.807) is 7.11 Å². The quantitative estimate of drug-likeness (QED) is 0.833. The minimum Gasteiger partial charge on any atom is -0.497 e. The Bertz CT molecular complexity index is 711. The highest BCUT2D eigenvalue weighted by molar-refractivity contribution is 5.40. The monoisotopic (exact) mass is 341 g/mol. The van der Waals surface area contributed by atoms with E-state index in [0.717, 1.165) is 61.5 Å².